The van der Waals surface area contributed by atoms with Gasteiger partial charge in [0.2, 0.25) is 5.06 Å². The van der Waals surface area contributed by atoms with Crippen LogP contribution in [0.15, 0.2) is 60.0 Å². The molecule has 2 aliphatic rings. The topological polar surface area (TPSA) is 61.9 Å². The van der Waals surface area contributed by atoms with E-state index in [1.807, 2.05) is 30.3 Å². The number of carbonyl (C=O) groups is 2. The van der Waals surface area contributed by atoms with Crippen LogP contribution in [0, 0.1) is 17.7 Å². The zero-order valence-corrected chi connectivity index (χ0v) is 22.2. The van der Waals surface area contributed by atoms with Crippen molar-refractivity contribution in [3.8, 4) is 5.06 Å². The van der Waals surface area contributed by atoms with Crippen molar-refractivity contribution in [1.29, 1.82) is 0 Å². The van der Waals surface area contributed by atoms with Crippen molar-refractivity contribution in [2.45, 2.75) is 12.5 Å². The van der Waals surface area contributed by atoms with Gasteiger partial charge in [-0.25, -0.2) is 9.18 Å². The number of likely N-dealkylation sites (tertiary alicyclic amines) is 2. The maximum absolute atomic E-state index is 14.3. The average molecular weight is 562 g/mol. The van der Waals surface area contributed by atoms with Crippen LogP contribution in [0.5, 0.6) is 5.06 Å². The molecule has 3 atom stereocenters. The van der Waals surface area contributed by atoms with Crippen LogP contribution in [0.2, 0.25) is 10.0 Å². The van der Waals surface area contributed by atoms with Gasteiger partial charge >= 0.3 is 6.09 Å². The third kappa shape index (κ3) is 5.93. The van der Waals surface area contributed by atoms with Gasteiger partial charge in [0.15, 0.2) is 0 Å². The first-order valence-electron chi connectivity index (χ1n) is 12.1. The number of amides is 2. The lowest BCUT2D eigenvalue weighted by Gasteiger charge is -2.25. The fraction of sp³-hybridized carbons (Fsp3) is 0.333. The van der Waals surface area contributed by atoms with Gasteiger partial charge in [-0.3, -0.25) is 4.79 Å². The minimum Gasteiger partial charge on any atom is -0.398 e. The fourth-order valence-electron chi connectivity index (χ4n) is 5.23. The van der Waals surface area contributed by atoms with E-state index in [9.17, 15) is 14.0 Å². The molecule has 2 amide bonds. The number of rotatable bonds is 7. The maximum Gasteiger partial charge on any atom is 0.413 e. The van der Waals surface area contributed by atoms with Gasteiger partial charge in [0.25, 0.3) is 5.91 Å². The summed E-state index contributed by atoms with van der Waals surface area (Å²) in [5.74, 6) is -0.288. The van der Waals surface area contributed by atoms with Gasteiger partial charge in [-0.05, 0) is 47.4 Å². The van der Waals surface area contributed by atoms with Crippen LogP contribution in [0.1, 0.15) is 28.4 Å². The first-order valence-corrected chi connectivity index (χ1v) is 13.7. The molecule has 3 aromatic rings. The molecule has 0 bridgehead atoms. The minimum atomic E-state index is -0.587. The van der Waals surface area contributed by atoms with Gasteiger partial charge in [-0.15, -0.1) is 11.3 Å². The monoisotopic (exact) mass is 561 g/mol. The number of halogens is 3. The summed E-state index contributed by atoms with van der Waals surface area (Å²) in [6.45, 7) is 3.63. The third-order valence-electron chi connectivity index (χ3n) is 7.02. The number of fused-ring (bicyclic) bond motifs is 1. The molecule has 0 saturated carbocycles. The summed E-state index contributed by atoms with van der Waals surface area (Å²) in [4.78, 5) is 29.6. The Morgan fingerprint density at radius 1 is 1.00 bits per heavy atom. The minimum absolute atomic E-state index is 0.0477. The number of thiophene rings is 1. The molecule has 1 aromatic heterocycles. The number of nitrogens with zero attached hydrogens (tertiary/aromatic N) is 2. The molecule has 2 saturated heterocycles. The molecule has 3 heterocycles. The standard InChI is InChI=1S/C27H26Cl2FN3O3S/c28-20-7-4-8-22(30)24(20)25(34)33-15-18-13-32(14-19(18)16-33)11-9-23(17-5-2-1-3-6-17)31-27(35)36-26-21(29)10-12-37-26/h1-8,10,12,18-19,23H,9,11,13-16H2,(H,31,35)/t18-,19?,23?/m0/s1. The Labute approximate surface area is 228 Å². The van der Waals surface area contributed by atoms with Crippen molar-refractivity contribution in [2.75, 3.05) is 32.7 Å². The van der Waals surface area contributed by atoms with Crippen molar-refractivity contribution in [1.82, 2.24) is 15.1 Å². The number of hydrogen-bond donors (Lipinski definition) is 1. The predicted molar refractivity (Wildman–Crippen MR) is 143 cm³/mol. The largest absolute Gasteiger partial charge is 0.413 e. The number of hydrogen-bond acceptors (Lipinski definition) is 5. The van der Waals surface area contributed by atoms with Crippen LogP contribution >= 0.6 is 34.5 Å². The molecule has 0 radical (unpaired) electrons. The van der Waals surface area contributed by atoms with E-state index in [-0.39, 0.29) is 22.5 Å². The maximum atomic E-state index is 14.3. The highest BCUT2D eigenvalue weighted by atomic mass is 35.5. The van der Waals surface area contributed by atoms with Crippen molar-refractivity contribution < 1.29 is 18.7 Å². The number of nitrogens with one attached hydrogen (secondary N) is 1. The quantitative estimate of drug-likeness (QED) is 0.377. The van der Waals surface area contributed by atoms with E-state index in [1.165, 1.54) is 23.5 Å². The highest BCUT2D eigenvalue weighted by molar-refractivity contribution is 7.12. The van der Waals surface area contributed by atoms with Gasteiger partial charge in [-0.2, -0.15) is 0 Å². The Morgan fingerprint density at radius 2 is 1.73 bits per heavy atom. The molecule has 0 aliphatic carbocycles. The predicted octanol–water partition coefficient (Wildman–Crippen LogP) is 6.12. The van der Waals surface area contributed by atoms with Gasteiger partial charge in [-0.1, -0.05) is 59.6 Å². The first-order chi connectivity index (χ1) is 17.9. The fourth-order valence-corrected chi connectivity index (χ4v) is 6.41. The second-order valence-corrected chi connectivity index (χ2v) is 11.1. The van der Waals surface area contributed by atoms with Gasteiger partial charge in [0.1, 0.15) is 5.82 Å². The lowest BCUT2D eigenvalue weighted by Crippen LogP contribution is -2.36. The molecule has 10 heteroatoms. The van der Waals surface area contributed by atoms with Crippen LogP contribution in [0.3, 0.4) is 0 Å². The normalized spacial score (nSPS) is 20.0. The molecule has 0 spiro atoms. The van der Waals surface area contributed by atoms with Crippen LogP contribution in [-0.4, -0.2) is 54.5 Å². The summed E-state index contributed by atoms with van der Waals surface area (Å²) in [7, 11) is 0. The zero-order chi connectivity index (χ0) is 25.9. The molecule has 6 nitrogen and oxygen atoms in total. The van der Waals surface area contributed by atoms with Gasteiger partial charge in [0, 0.05) is 32.7 Å². The van der Waals surface area contributed by atoms with E-state index < -0.39 is 11.9 Å². The molecule has 2 unspecified atom stereocenters. The van der Waals surface area contributed by atoms with Crippen LogP contribution in [0.4, 0.5) is 9.18 Å². The highest BCUT2D eigenvalue weighted by Crippen LogP contribution is 2.34. The summed E-state index contributed by atoms with van der Waals surface area (Å²) in [5, 5.41) is 5.67. The first kappa shape index (κ1) is 26.0. The molecule has 1 N–H and O–H groups in total. The molecule has 2 aliphatic heterocycles. The lowest BCUT2D eigenvalue weighted by molar-refractivity contribution is 0.0769. The summed E-state index contributed by atoms with van der Waals surface area (Å²) >= 11 is 13.4. The summed E-state index contributed by atoms with van der Waals surface area (Å²) in [6, 6.07) is 15.6. The second kappa shape index (κ2) is 11.4. The third-order valence-corrected chi connectivity index (χ3v) is 8.54. The highest BCUT2D eigenvalue weighted by Gasteiger charge is 2.42. The number of carbonyl (C=O) groups excluding carboxylic acids is 2. The molecule has 2 fully saturated rings. The second-order valence-electron chi connectivity index (χ2n) is 9.43. The van der Waals surface area contributed by atoms with E-state index in [2.05, 4.69) is 10.2 Å². The number of benzene rings is 2. The van der Waals surface area contributed by atoms with Crippen molar-refractivity contribution in [3.05, 3.63) is 87.0 Å². The Hall–Kier alpha value is -2.65. The Bertz CT molecular complexity index is 1240. The Balaban J connectivity index is 1.17. The molecular formula is C27H26Cl2FN3O3S. The van der Waals surface area contributed by atoms with Crippen molar-refractivity contribution >= 4 is 46.5 Å². The summed E-state index contributed by atoms with van der Waals surface area (Å²) in [5.41, 5.74) is 0.947. The Morgan fingerprint density at radius 3 is 2.38 bits per heavy atom. The zero-order valence-electron chi connectivity index (χ0n) is 19.9. The summed E-state index contributed by atoms with van der Waals surface area (Å²) < 4.78 is 19.7. The lowest BCUT2D eigenvalue weighted by atomic mass is 10.0. The molecular weight excluding hydrogens is 536 g/mol. The molecule has 2 aromatic carbocycles. The van der Waals surface area contributed by atoms with E-state index in [0.717, 1.165) is 25.2 Å². The van der Waals surface area contributed by atoms with Crippen LogP contribution in [0.25, 0.3) is 0 Å². The average Bonchev–Trinajstić information content (AvgIpc) is 3.57. The summed E-state index contributed by atoms with van der Waals surface area (Å²) in [6.07, 6.45) is 0.155. The van der Waals surface area contributed by atoms with E-state index >= 15 is 0 Å². The van der Waals surface area contributed by atoms with E-state index in [1.54, 1.807) is 22.4 Å². The Kier molecular flexibility index (Phi) is 8.00. The molecule has 5 rings (SSSR count). The smallest absolute Gasteiger partial charge is 0.398 e. The van der Waals surface area contributed by atoms with E-state index in [4.69, 9.17) is 27.9 Å². The molecule has 37 heavy (non-hydrogen) atoms. The SMILES string of the molecule is O=C(NC(CCN1CC2CN(C(=O)c3c(F)cccc3Cl)C[C@@H]2C1)c1ccccc1)Oc1sccc1Cl. The van der Waals surface area contributed by atoms with Crippen LogP contribution < -0.4 is 10.1 Å². The number of ether oxygens (including phenoxy) is 1. The van der Waals surface area contributed by atoms with Gasteiger partial charge in [0.05, 0.1) is 21.7 Å². The van der Waals surface area contributed by atoms with Gasteiger partial charge < -0.3 is 19.9 Å². The van der Waals surface area contributed by atoms with Crippen molar-refractivity contribution in [3.63, 3.8) is 0 Å². The van der Waals surface area contributed by atoms with Crippen LogP contribution in [-0.2, 0) is 0 Å². The van der Waals surface area contributed by atoms with E-state index in [0.29, 0.717) is 41.4 Å². The van der Waals surface area contributed by atoms with Crippen molar-refractivity contribution in [2.24, 2.45) is 11.8 Å². The molecule has 194 valence electrons.